The molecule has 0 spiro atoms. The number of carbonyl (C=O) groups is 1. The summed E-state index contributed by atoms with van der Waals surface area (Å²) < 4.78 is 0. The SMILES string of the molecule is Cc1cc(C(=O)NCC(C)C)nc(Nc2ccc(Cl)cc2Cl)n1. The predicted octanol–water partition coefficient (Wildman–Crippen LogP) is 4.22. The van der Waals surface area contributed by atoms with Crippen LogP contribution in [0.25, 0.3) is 0 Å². The Hall–Kier alpha value is -1.85. The lowest BCUT2D eigenvalue weighted by Crippen LogP contribution is -2.28. The van der Waals surface area contributed by atoms with Crippen LogP contribution in [-0.4, -0.2) is 22.4 Å². The van der Waals surface area contributed by atoms with E-state index in [4.69, 9.17) is 23.2 Å². The molecule has 5 nitrogen and oxygen atoms in total. The van der Waals surface area contributed by atoms with Gasteiger partial charge in [0, 0.05) is 17.3 Å². The predicted molar refractivity (Wildman–Crippen MR) is 93.7 cm³/mol. The van der Waals surface area contributed by atoms with Crippen LogP contribution in [0.15, 0.2) is 24.3 Å². The highest BCUT2D eigenvalue weighted by molar-refractivity contribution is 6.36. The molecule has 0 saturated heterocycles. The zero-order chi connectivity index (χ0) is 17.0. The molecule has 0 fully saturated rings. The van der Waals surface area contributed by atoms with Gasteiger partial charge in [-0.2, -0.15) is 0 Å². The Bertz CT molecular complexity index is 719. The summed E-state index contributed by atoms with van der Waals surface area (Å²) in [4.78, 5) is 20.7. The Balaban J connectivity index is 2.21. The van der Waals surface area contributed by atoms with Gasteiger partial charge in [0.2, 0.25) is 5.95 Å². The third-order valence-electron chi connectivity index (χ3n) is 2.94. The lowest BCUT2D eigenvalue weighted by Gasteiger charge is -2.11. The monoisotopic (exact) mass is 352 g/mol. The van der Waals surface area contributed by atoms with Crippen LogP contribution in [0.3, 0.4) is 0 Å². The molecule has 0 aliphatic rings. The van der Waals surface area contributed by atoms with Crippen molar-refractivity contribution in [1.29, 1.82) is 0 Å². The van der Waals surface area contributed by atoms with Gasteiger partial charge in [0.05, 0.1) is 10.7 Å². The fourth-order valence-corrected chi connectivity index (χ4v) is 2.30. The zero-order valence-electron chi connectivity index (χ0n) is 13.2. The largest absolute Gasteiger partial charge is 0.350 e. The van der Waals surface area contributed by atoms with E-state index in [-0.39, 0.29) is 5.91 Å². The van der Waals surface area contributed by atoms with Crippen molar-refractivity contribution in [2.45, 2.75) is 20.8 Å². The molecule has 0 saturated carbocycles. The average Bonchev–Trinajstić information content (AvgIpc) is 2.47. The summed E-state index contributed by atoms with van der Waals surface area (Å²) in [5.74, 6) is 0.450. The highest BCUT2D eigenvalue weighted by Crippen LogP contribution is 2.27. The highest BCUT2D eigenvalue weighted by Gasteiger charge is 2.12. The van der Waals surface area contributed by atoms with Crippen LogP contribution in [-0.2, 0) is 0 Å². The summed E-state index contributed by atoms with van der Waals surface area (Å²) in [6.07, 6.45) is 0. The van der Waals surface area contributed by atoms with Crippen molar-refractivity contribution in [2.75, 3.05) is 11.9 Å². The van der Waals surface area contributed by atoms with Crippen molar-refractivity contribution in [3.63, 3.8) is 0 Å². The Morgan fingerprint density at radius 2 is 1.96 bits per heavy atom. The fraction of sp³-hybridized carbons (Fsp3) is 0.312. The maximum atomic E-state index is 12.1. The van der Waals surface area contributed by atoms with Crippen LogP contribution in [0.1, 0.15) is 30.0 Å². The molecule has 1 aromatic carbocycles. The van der Waals surface area contributed by atoms with E-state index < -0.39 is 0 Å². The van der Waals surface area contributed by atoms with Gasteiger partial charge in [-0.3, -0.25) is 4.79 Å². The molecule has 23 heavy (non-hydrogen) atoms. The van der Waals surface area contributed by atoms with E-state index in [0.717, 1.165) is 0 Å². The van der Waals surface area contributed by atoms with E-state index in [1.54, 1.807) is 31.2 Å². The van der Waals surface area contributed by atoms with Crippen molar-refractivity contribution in [3.05, 3.63) is 45.7 Å². The third kappa shape index (κ3) is 5.08. The van der Waals surface area contributed by atoms with E-state index in [1.807, 2.05) is 13.8 Å². The fourth-order valence-electron chi connectivity index (χ4n) is 1.84. The Kier molecular flexibility index (Phi) is 5.80. The first-order valence-corrected chi connectivity index (χ1v) is 7.96. The molecule has 0 aliphatic carbocycles. The number of aryl methyl sites for hydroxylation is 1. The number of anilines is 2. The maximum Gasteiger partial charge on any atom is 0.270 e. The summed E-state index contributed by atoms with van der Waals surface area (Å²) in [6, 6.07) is 6.71. The van der Waals surface area contributed by atoms with Crippen LogP contribution in [0.2, 0.25) is 10.0 Å². The molecule has 0 bridgehead atoms. The smallest absolute Gasteiger partial charge is 0.270 e. The van der Waals surface area contributed by atoms with E-state index in [2.05, 4.69) is 20.6 Å². The van der Waals surface area contributed by atoms with Gasteiger partial charge >= 0.3 is 0 Å². The number of hydrogen-bond donors (Lipinski definition) is 2. The molecular weight excluding hydrogens is 335 g/mol. The molecule has 2 N–H and O–H groups in total. The van der Waals surface area contributed by atoms with Gasteiger partial charge in [-0.25, -0.2) is 9.97 Å². The van der Waals surface area contributed by atoms with Crippen LogP contribution in [0.5, 0.6) is 0 Å². The molecule has 0 unspecified atom stereocenters. The first-order valence-electron chi connectivity index (χ1n) is 7.21. The molecule has 0 atom stereocenters. The number of hydrogen-bond acceptors (Lipinski definition) is 4. The van der Waals surface area contributed by atoms with E-state index in [1.165, 1.54) is 0 Å². The summed E-state index contributed by atoms with van der Waals surface area (Å²) >= 11 is 12.0. The van der Waals surface area contributed by atoms with E-state index in [0.29, 0.717) is 45.5 Å². The average molecular weight is 353 g/mol. The third-order valence-corrected chi connectivity index (χ3v) is 3.48. The van der Waals surface area contributed by atoms with Crippen LogP contribution in [0.4, 0.5) is 11.6 Å². The summed E-state index contributed by atoms with van der Waals surface area (Å²) in [5, 5.41) is 6.84. The van der Waals surface area contributed by atoms with Gasteiger partial charge in [-0.15, -0.1) is 0 Å². The lowest BCUT2D eigenvalue weighted by atomic mass is 10.2. The van der Waals surface area contributed by atoms with Crippen LogP contribution in [0, 0.1) is 12.8 Å². The maximum absolute atomic E-state index is 12.1. The molecule has 1 heterocycles. The second-order valence-corrected chi connectivity index (χ2v) is 6.41. The molecule has 0 radical (unpaired) electrons. The topological polar surface area (TPSA) is 66.9 Å². The van der Waals surface area contributed by atoms with Crippen LogP contribution >= 0.6 is 23.2 Å². The second-order valence-electron chi connectivity index (χ2n) is 5.57. The van der Waals surface area contributed by atoms with Gasteiger partial charge < -0.3 is 10.6 Å². The standard InChI is InChI=1S/C16H18Cl2N4O/c1-9(2)8-19-15(23)14-6-10(3)20-16(22-14)21-13-5-4-11(17)7-12(13)18/h4-7,9H,8H2,1-3H3,(H,19,23)(H,20,21,22). The first kappa shape index (κ1) is 17.5. The lowest BCUT2D eigenvalue weighted by molar-refractivity contribution is 0.0944. The molecule has 0 aliphatic heterocycles. The number of rotatable bonds is 5. The molecule has 7 heteroatoms. The Labute approximate surface area is 145 Å². The van der Waals surface area contributed by atoms with Gasteiger partial charge in [-0.1, -0.05) is 37.0 Å². The van der Waals surface area contributed by atoms with E-state index >= 15 is 0 Å². The highest BCUT2D eigenvalue weighted by atomic mass is 35.5. The Morgan fingerprint density at radius 1 is 1.22 bits per heavy atom. The van der Waals surface area contributed by atoms with Gasteiger partial charge in [-0.05, 0) is 37.1 Å². The number of carbonyl (C=O) groups excluding carboxylic acids is 1. The minimum Gasteiger partial charge on any atom is -0.350 e. The van der Waals surface area contributed by atoms with Gasteiger partial charge in [0.15, 0.2) is 0 Å². The Morgan fingerprint density at radius 3 is 2.61 bits per heavy atom. The van der Waals surface area contributed by atoms with Crippen molar-refractivity contribution in [3.8, 4) is 0 Å². The number of aromatic nitrogens is 2. The minimum absolute atomic E-state index is 0.227. The first-order chi connectivity index (χ1) is 10.8. The molecule has 122 valence electrons. The van der Waals surface area contributed by atoms with Crippen molar-refractivity contribution < 1.29 is 4.79 Å². The minimum atomic E-state index is -0.227. The van der Waals surface area contributed by atoms with Crippen molar-refractivity contribution >= 4 is 40.7 Å². The summed E-state index contributed by atoms with van der Waals surface area (Å²) in [5.41, 5.74) is 1.61. The van der Waals surface area contributed by atoms with Crippen molar-refractivity contribution in [2.24, 2.45) is 5.92 Å². The summed E-state index contributed by atoms with van der Waals surface area (Å²) in [7, 11) is 0. The van der Waals surface area contributed by atoms with Gasteiger partial charge in [0.25, 0.3) is 5.91 Å². The quantitative estimate of drug-likeness (QED) is 0.845. The molecule has 1 aromatic heterocycles. The van der Waals surface area contributed by atoms with E-state index in [9.17, 15) is 4.79 Å². The molecule has 1 amide bonds. The summed E-state index contributed by atoms with van der Waals surface area (Å²) in [6.45, 7) is 6.45. The number of benzene rings is 1. The molecular formula is C16H18Cl2N4O. The number of halogens is 2. The number of amides is 1. The molecule has 2 rings (SSSR count). The second kappa shape index (κ2) is 7.62. The molecule has 2 aromatic rings. The number of nitrogens with one attached hydrogen (secondary N) is 2. The van der Waals surface area contributed by atoms with Crippen LogP contribution < -0.4 is 10.6 Å². The van der Waals surface area contributed by atoms with Crippen molar-refractivity contribution in [1.82, 2.24) is 15.3 Å². The normalized spacial score (nSPS) is 10.7. The zero-order valence-corrected chi connectivity index (χ0v) is 14.7. The number of nitrogens with zero attached hydrogens (tertiary/aromatic N) is 2. The van der Waals surface area contributed by atoms with Gasteiger partial charge in [0.1, 0.15) is 5.69 Å².